The predicted molar refractivity (Wildman–Crippen MR) is 188 cm³/mol. The fraction of sp³-hybridized carbons (Fsp3) is 0.222. The first-order valence-corrected chi connectivity index (χ1v) is 14.9. The molecule has 0 bridgehead atoms. The van der Waals surface area contributed by atoms with Gasteiger partial charge in [-0.3, -0.25) is 0 Å². The van der Waals surface area contributed by atoms with Gasteiger partial charge in [0.25, 0.3) is 0 Å². The lowest BCUT2D eigenvalue weighted by Gasteiger charge is -2.03. The molecule has 4 aromatic carbocycles. The van der Waals surface area contributed by atoms with Crippen LogP contribution >= 0.6 is 45.2 Å². The Morgan fingerprint density at radius 3 is 1.05 bits per heavy atom. The van der Waals surface area contributed by atoms with Gasteiger partial charge in [-0.15, -0.1) is 11.8 Å². The van der Waals surface area contributed by atoms with E-state index in [0.717, 1.165) is 11.1 Å². The molecule has 0 unspecified atom stereocenters. The highest BCUT2D eigenvalue weighted by Gasteiger charge is 2.00. The molecule has 4 heteroatoms. The minimum absolute atomic E-state index is 0.0764. The molecule has 0 aromatic heterocycles. The summed E-state index contributed by atoms with van der Waals surface area (Å²) < 4.78 is 2.70. The average Bonchev–Trinajstić information content (AvgIpc) is 2.91. The largest absolute Gasteiger partial charge is 0.504 e. The van der Waals surface area contributed by atoms with Crippen molar-refractivity contribution in [2.75, 3.05) is 0 Å². The third-order valence-electron chi connectivity index (χ3n) is 6.00. The van der Waals surface area contributed by atoms with E-state index < -0.39 is 0 Å². The van der Waals surface area contributed by atoms with Crippen LogP contribution in [0.2, 0.25) is 0 Å². The summed E-state index contributed by atoms with van der Waals surface area (Å²) >= 11 is 4.72. The number of aromatic hydroxyl groups is 2. The van der Waals surface area contributed by atoms with Gasteiger partial charge in [0.05, 0.1) is 0 Å². The maximum absolute atomic E-state index is 8.67. The second-order valence-corrected chi connectivity index (χ2v) is 11.5. The van der Waals surface area contributed by atoms with Crippen molar-refractivity contribution in [3.8, 4) is 35.2 Å². The highest BCUT2D eigenvalue weighted by Crippen LogP contribution is 2.21. The first-order valence-electron chi connectivity index (χ1n) is 12.8. The Bertz CT molecular complexity index is 1350. The van der Waals surface area contributed by atoms with Crippen molar-refractivity contribution in [1.82, 2.24) is 0 Å². The second-order valence-electron chi connectivity index (χ2n) is 9.16. The van der Waals surface area contributed by atoms with Crippen LogP contribution in [0.3, 0.4) is 0 Å². The van der Waals surface area contributed by atoms with Crippen LogP contribution in [0.4, 0.5) is 0 Å². The van der Waals surface area contributed by atoms with Gasteiger partial charge in [-0.05, 0) is 170 Å². The molecule has 0 spiro atoms. The number of phenols is 2. The van der Waals surface area contributed by atoms with E-state index in [9.17, 15) is 0 Å². The highest BCUT2D eigenvalue weighted by molar-refractivity contribution is 14.1. The number of aryl methyl sites for hydroxylation is 6. The molecule has 208 valence electrons. The van der Waals surface area contributed by atoms with Crippen LogP contribution in [-0.2, 0) is 0 Å². The molecule has 0 aliphatic carbocycles. The zero-order valence-electron chi connectivity index (χ0n) is 24.6. The van der Waals surface area contributed by atoms with E-state index in [1.54, 1.807) is 12.1 Å². The molecule has 0 fully saturated rings. The Balaban J connectivity index is 0.000000274. The lowest BCUT2D eigenvalue weighted by atomic mass is 10.0. The number of hydrogen-bond donors (Lipinski definition) is 2. The molecule has 40 heavy (non-hydrogen) atoms. The number of rotatable bonds is 0. The summed E-state index contributed by atoms with van der Waals surface area (Å²) in [5, 5.41) is 17.3. The fourth-order valence-electron chi connectivity index (χ4n) is 3.16. The molecule has 2 N–H and O–H groups in total. The normalized spacial score (nSPS) is 9.05. The van der Waals surface area contributed by atoms with Gasteiger partial charge in [0.1, 0.15) is 0 Å². The van der Waals surface area contributed by atoms with E-state index in [1.165, 1.54) is 52.7 Å². The first-order chi connectivity index (χ1) is 18.9. The van der Waals surface area contributed by atoms with Gasteiger partial charge in [0.2, 0.25) is 0 Å². The number of halogens is 2. The zero-order chi connectivity index (χ0) is 30.2. The van der Waals surface area contributed by atoms with Gasteiger partial charge in [0, 0.05) is 18.3 Å². The maximum Gasteiger partial charge on any atom is 0.157 e. The molecular weight excluding hydrogens is 718 g/mol. The van der Waals surface area contributed by atoms with Crippen molar-refractivity contribution in [1.29, 1.82) is 0 Å². The molecule has 0 heterocycles. The van der Waals surface area contributed by atoms with Crippen molar-refractivity contribution in [2.24, 2.45) is 0 Å². The van der Waals surface area contributed by atoms with E-state index >= 15 is 0 Å². The molecule has 0 radical (unpaired) electrons. The van der Waals surface area contributed by atoms with Gasteiger partial charge in [-0.25, -0.2) is 0 Å². The summed E-state index contributed by atoms with van der Waals surface area (Å²) in [6.07, 6.45) is 0. The molecule has 0 aliphatic rings. The van der Waals surface area contributed by atoms with Crippen LogP contribution in [0.25, 0.3) is 0 Å². The van der Waals surface area contributed by atoms with Crippen LogP contribution in [0.1, 0.15) is 58.4 Å². The smallest absolute Gasteiger partial charge is 0.157 e. The van der Waals surface area contributed by atoms with Gasteiger partial charge in [-0.1, -0.05) is 48.2 Å². The molecule has 4 rings (SSSR count). The van der Waals surface area contributed by atoms with Crippen LogP contribution in [0.15, 0.2) is 72.8 Å². The van der Waals surface area contributed by atoms with Gasteiger partial charge in [-0.2, -0.15) is 0 Å². The molecule has 0 aliphatic heterocycles. The summed E-state index contributed by atoms with van der Waals surface area (Å²) in [4.78, 5) is 0. The minimum atomic E-state index is -0.0764. The number of phenolic OH excluding ortho intramolecular Hbond substituents is 2. The average molecular weight is 757 g/mol. The Morgan fingerprint density at radius 2 is 0.775 bits per heavy atom. The van der Waals surface area contributed by atoms with E-state index in [-0.39, 0.29) is 11.5 Å². The minimum Gasteiger partial charge on any atom is -0.504 e. The quantitative estimate of drug-likeness (QED) is 0.107. The Kier molecular flexibility index (Phi) is 16.2. The lowest BCUT2D eigenvalue weighted by Crippen LogP contribution is -1.89. The van der Waals surface area contributed by atoms with Crippen molar-refractivity contribution in [3.63, 3.8) is 0 Å². The third kappa shape index (κ3) is 12.5. The fourth-order valence-corrected chi connectivity index (χ4v) is 4.41. The van der Waals surface area contributed by atoms with E-state index in [2.05, 4.69) is 159 Å². The van der Waals surface area contributed by atoms with Crippen molar-refractivity contribution < 1.29 is 10.2 Å². The van der Waals surface area contributed by atoms with Crippen LogP contribution in [0.5, 0.6) is 11.5 Å². The van der Waals surface area contributed by atoms with E-state index in [0.29, 0.717) is 0 Å². The van der Waals surface area contributed by atoms with Gasteiger partial charge in [0.15, 0.2) is 11.5 Å². The van der Waals surface area contributed by atoms with Crippen LogP contribution in [0, 0.1) is 72.4 Å². The molecule has 0 saturated heterocycles. The number of para-hydroxylation sites is 2. The SMILES string of the molecule is CC#Cc1cc(C)c(C)cc1C#CC.Cc1cc(I)c(I)cc1C.Cc1ccccc1C.Oc1ccccc1O. The van der Waals surface area contributed by atoms with Crippen molar-refractivity contribution in [3.05, 3.63) is 124 Å². The second kappa shape index (κ2) is 18.4. The molecule has 0 atom stereocenters. The highest BCUT2D eigenvalue weighted by atomic mass is 127. The third-order valence-corrected chi connectivity index (χ3v) is 8.81. The van der Waals surface area contributed by atoms with Gasteiger partial charge >= 0.3 is 0 Å². The lowest BCUT2D eigenvalue weighted by molar-refractivity contribution is 0.404. The summed E-state index contributed by atoms with van der Waals surface area (Å²) in [6, 6.07) is 23.1. The van der Waals surface area contributed by atoms with Crippen molar-refractivity contribution in [2.45, 2.75) is 55.4 Å². The monoisotopic (exact) mass is 756 g/mol. The molecule has 4 aromatic rings. The van der Waals surface area contributed by atoms with E-state index in [1.807, 2.05) is 13.8 Å². The van der Waals surface area contributed by atoms with Crippen molar-refractivity contribution >= 4 is 45.2 Å². The Labute approximate surface area is 268 Å². The summed E-state index contributed by atoms with van der Waals surface area (Å²) in [5.41, 5.74) is 10.1. The zero-order valence-corrected chi connectivity index (χ0v) is 28.9. The standard InChI is InChI=1S/C14H14.C8H8I2.C8H10.C6H6O2/c1-5-7-13-9-11(3)12(4)10-14(13)8-6-2;1-5-3-7(9)8(10)4-6(5)2;1-7-5-3-4-6-8(7)2;7-5-3-1-2-4-6(5)8/h9-10H,1-4H3;3-4H,1-2H3;3-6H,1-2H3;1-4,7-8H. The predicted octanol–water partition coefficient (Wildman–Crippen LogP) is 9.96. The molecule has 0 saturated carbocycles. The molecular formula is C36H38I2O2. The molecule has 0 amide bonds. The number of hydrogen-bond acceptors (Lipinski definition) is 2. The van der Waals surface area contributed by atoms with Gasteiger partial charge < -0.3 is 10.2 Å². The van der Waals surface area contributed by atoms with Crippen LogP contribution < -0.4 is 0 Å². The van der Waals surface area contributed by atoms with E-state index in [4.69, 9.17) is 10.2 Å². The Morgan fingerprint density at radius 1 is 0.475 bits per heavy atom. The summed E-state index contributed by atoms with van der Waals surface area (Å²) in [5.74, 6) is 11.8. The Hall–Kier alpha value is -2.94. The topological polar surface area (TPSA) is 40.5 Å². The summed E-state index contributed by atoms with van der Waals surface area (Å²) in [6.45, 7) is 16.4. The number of benzene rings is 4. The maximum atomic E-state index is 8.67. The molecule has 2 nitrogen and oxygen atoms in total. The van der Waals surface area contributed by atoms with Crippen LogP contribution in [-0.4, -0.2) is 10.2 Å². The first kappa shape index (κ1) is 35.1. The summed E-state index contributed by atoms with van der Waals surface area (Å²) in [7, 11) is 0.